The molecule has 1 atom stereocenters. The monoisotopic (exact) mass is 436 g/mol. The molecule has 0 radical (unpaired) electrons. The normalized spacial score (nSPS) is 16.5. The van der Waals surface area contributed by atoms with Gasteiger partial charge in [0, 0.05) is 41.6 Å². The van der Waals surface area contributed by atoms with Crippen molar-refractivity contribution in [3.8, 4) is 17.1 Å². The Kier molecular flexibility index (Phi) is 5.29. The van der Waals surface area contributed by atoms with Crippen LogP contribution in [0.25, 0.3) is 28.1 Å². The largest absolute Gasteiger partial charge is 0.364 e. The van der Waals surface area contributed by atoms with Gasteiger partial charge in [-0.1, -0.05) is 29.3 Å². The average Bonchev–Trinajstić information content (AvgIpc) is 3.15. The van der Waals surface area contributed by atoms with E-state index in [1.54, 1.807) is 6.20 Å². The molecule has 0 amide bonds. The molecule has 1 fully saturated rings. The molecule has 158 valence electrons. The van der Waals surface area contributed by atoms with Crippen LogP contribution in [0.2, 0.25) is 5.02 Å². The van der Waals surface area contributed by atoms with Crippen molar-refractivity contribution in [2.75, 3.05) is 18.4 Å². The summed E-state index contributed by atoms with van der Waals surface area (Å²) in [6.45, 7) is 3.82. The van der Waals surface area contributed by atoms with Crippen LogP contribution in [0.15, 0.2) is 48.9 Å². The summed E-state index contributed by atoms with van der Waals surface area (Å²) in [5.74, 6) is 0.172. The topological polar surface area (TPSA) is 67.7 Å². The summed E-state index contributed by atoms with van der Waals surface area (Å²) in [5.41, 5.74) is 3.62. The molecule has 0 spiro atoms. The zero-order valence-electron chi connectivity index (χ0n) is 17.1. The molecule has 4 heterocycles. The van der Waals surface area contributed by atoms with Gasteiger partial charge in [-0.25, -0.2) is 19.3 Å². The molecule has 0 bridgehead atoms. The number of aryl methyl sites for hydroxylation is 1. The smallest absolute Gasteiger partial charge is 0.183 e. The molecular weight excluding hydrogens is 415 g/mol. The van der Waals surface area contributed by atoms with Gasteiger partial charge < -0.3 is 15.2 Å². The van der Waals surface area contributed by atoms with Gasteiger partial charge in [-0.15, -0.1) is 0 Å². The first-order valence-corrected chi connectivity index (χ1v) is 10.7. The summed E-state index contributed by atoms with van der Waals surface area (Å²) in [6, 6.07) is 10.1. The molecule has 1 saturated heterocycles. The number of nitrogens with one attached hydrogen (secondary N) is 2. The highest BCUT2D eigenvalue weighted by atomic mass is 35.5. The lowest BCUT2D eigenvalue weighted by molar-refractivity contribution is 0.476. The highest BCUT2D eigenvalue weighted by molar-refractivity contribution is 6.31. The Labute approximate surface area is 184 Å². The van der Waals surface area contributed by atoms with Crippen LogP contribution in [0.3, 0.4) is 0 Å². The zero-order chi connectivity index (χ0) is 21.4. The van der Waals surface area contributed by atoms with Crippen LogP contribution in [-0.2, 0) is 0 Å². The number of piperidine rings is 1. The van der Waals surface area contributed by atoms with Crippen molar-refractivity contribution in [3.63, 3.8) is 0 Å². The third kappa shape index (κ3) is 3.98. The molecular formula is C23H22ClFN6. The standard InChI is InChI=1S/C23H22ClFN6/c1-14-4-6-17(7-5-14)31-13-19(18-9-15(24)10-28-23(18)31)21-27-12-20(25)22(30-21)29-16-3-2-8-26-11-16/h4-7,9-10,12-13,16,26H,2-3,8,11H2,1H3,(H,27,29,30). The Morgan fingerprint density at radius 3 is 2.81 bits per heavy atom. The maximum Gasteiger partial charge on any atom is 0.183 e. The summed E-state index contributed by atoms with van der Waals surface area (Å²) in [7, 11) is 0. The number of benzene rings is 1. The Hall–Kier alpha value is -3.03. The van der Waals surface area contributed by atoms with Gasteiger partial charge in [0.1, 0.15) is 5.65 Å². The van der Waals surface area contributed by atoms with Crippen LogP contribution in [0, 0.1) is 12.7 Å². The first-order chi connectivity index (χ1) is 15.1. The lowest BCUT2D eigenvalue weighted by atomic mass is 10.1. The maximum atomic E-state index is 14.5. The SMILES string of the molecule is Cc1ccc(-n2cc(-c3ncc(F)c(NC4CCCNC4)n3)c3cc(Cl)cnc32)cc1. The number of nitrogens with zero attached hydrogens (tertiary/aromatic N) is 4. The Morgan fingerprint density at radius 2 is 2.03 bits per heavy atom. The predicted molar refractivity (Wildman–Crippen MR) is 121 cm³/mol. The molecule has 0 aliphatic carbocycles. The van der Waals surface area contributed by atoms with E-state index in [1.807, 2.05) is 48.0 Å². The minimum Gasteiger partial charge on any atom is -0.364 e. The molecule has 1 aliphatic rings. The van der Waals surface area contributed by atoms with Gasteiger partial charge in [0.05, 0.1) is 11.2 Å². The van der Waals surface area contributed by atoms with Gasteiger partial charge in [0.2, 0.25) is 0 Å². The van der Waals surface area contributed by atoms with E-state index < -0.39 is 5.82 Å². The van der Waals surface area contributed by atoms with Crippen molar-refractivity contribution in [2.45, 2.75) is 25.8 Å². The number of pyridine rings is 1. The fourth-order valence-corrected chi connectivity index (χ4v) is 4.09. The van der Waals surface area contributed by atoms with Gasteiger partial charge in [-0.2, -0.15) is 0 Å². The average molecular weight is 437 g/mol. The first-order valence-electron chi connectivity index (χ1n) is 10.3. The summed E-state index contributed by atoms with van der Waals surface area (Å²) in [5, 5.41) is 7.88. The molecule has 1 aliphatic heterocycles. The number of aromatic nitrogens is 4. The van der Waals surface area contributed by atoms with E-state index in [1.165, 1.54) is 11.8 Å². The molecule has 31 heavy (non-hydrogen) atoms. The summed E-state index contributed by atoms with van der Waals surface area (Å²) in [4.78, 5) is 13.3. The van der Waals surface area contributed by atoms with Crippen molar-refractivity contribution < 1.29 is 4.39 Å². The zero-order valence-corrected chi connectivity index (χ0v) is 17.8. The third-order valence-electron chi connectivity index (χ3n) is 5.54. The Bertz CT molecular complexity index is 1230. The second-order valence-corrected chi connectivity index (χ2v) is 8.29. The van der Waals surface area contributed by atoms with E-state index in [9.17, 15) is 4.39 Å². The summed E-state index contributed by atoms with van der Waals surface area (Å²) < 4.78 is 16.5. The quantitative estimate of drug-likeness (QED) is 0.483. The lowest BCUT2D eigenvalue weighted by Gasteiger charge is -2.24. The highest BCUT2D eigenvalue weighted by Crippen LogP contribution is 2.32. The van der Waals surface area contributed by atoms with Gasteiger partial charge in [0.25, 0.3) is 0 Å². The van der Waals surface area contributed by atoms with E-state index in [0.29, 0.717) is 10.8 Å². The summed E-state index contributed by atoms with van der Waals surface area (Å²) >= 11 is 6.25. The van der Waals surface area contributed by atoms with Crippen LogP contribution in [0.1, 0.15) is 18.4 Å². The maximum absolute atomic E-state index is 14.5. The minimum absolute atomic E-state index is 0.135. The van der Waals surface area contributed by atoms with Gasteiger partial charge >= 0.3 is 0 Å². The van der Waals surface area contributed by atoms with Crippen LogP contribution >= 0.6 is 11.6 Å². The van der Waals surface area contributed by atoms with E-state index in [-0.39, 0.29) is 11.9 Å². The molecule has 3 aromatic heterocycles. The second-order valence-electron chi connectivity index (χ2n) is 7.85. The number of fused-ring (bicyclic) bond motifs is 1. The fraction of sp³-hybridized carbons (Fsp3) is 0.261. The van der Waals surface area contributed by atoms with Gasteiger partial charge in [-0.3, -0.25) is 0 Å². The molecule has 1 aromatic carbocycles. The van der Waals surface area contributed by atoms with E-state index in [4.69, 9.17) is 11.6 Å². The van der Waals surface area contributed by atoms with Crippen molar-refractivity contribution in [1.29, 1.82) is 0 Å². The van der Waals surface area contributed by atoms with Crippen LogP contribution in [0.5, 0.6) is 0 Å². The second kappa shape index (κ2) is 8.24. The molecule has 6 nitrogen and oxygen atoms in total. The van der Waals surface area contributed by atoms with Gasteiger partial charge in [-0.05, 0) is 44.5 Å². The molecule has 1 unspecified atom stereocenters. The molecule has 8 heteroatoms. The Morgan fingerprint density at radius 1 is 1.19 bits per heavy atom. The van der Waals surface area contributed by atoms with E-state index in [0.717, 1.165) is 48.2 Å². The van der Waals surface area contributed by atoms with Gasteiger partial charge in [0.15, 0.2) is 17.5 Å². The van der Waals surface area contributed by atoms with E-state index in [2.05, 4.69) is 25.6 Å². The number of hydrogen-bond acceptors (Lipinski definition) is 5. The van der Waals surface area contributed by atoms with Crippen molar-refractivity contribution >= 4 is 28.5 Å². The van der Waals surface area contributed by atoms with Crippen molar-refractivity contribution in [2.24, 2.45) is 0 Å². The Balaban J connectivity index is 1.60. The number of hydrogen-bond donors (Lipinski definition) is 2. The lowest BCUT2D eigenvalue weighted by Crippen LogP contribution is -2.38. The minimum atomic E-state index is -0.465. The van der Waals surface area contributed by atoms with E-state index >= 15 is 0 Å². The first kappa shape index (κ1) is 19.9. The fourth-order valence-electron chi connectivity index (χ4n) is 3.93. The molecule has 5 rings (SSSR count). The number of rotatable bonds is 4. The third-order valence-corrected chi connectivity index (χ3v) is 5.75. The predicted octanol–water partition coefficient (Wildman–Crippen LogP) is 4.75. The highest BCUT2D eigenvalue weighted by Gasteiger charge is 2.19. The number of anilines is 1. The van der Waals surface area contributed by atoms with Crippen molar-refractivity contribution in [1.82, 2.24) is 24.8 Å². The molecule has 0 saturated carbocycles. The molecule has 4 aromatic rings. The van der Waals surface area contributed by atoms with Crippen molar-refractivity contribution in [3.05, 3.63) is 65.3 Å². The van der Waals surface area contributed by atoms with Crippen LogP contribution < -0.4 is 10.6 Å². The summed E-state index contributed by atoms with van der Waals surface area (Å²) in [6.07, 6.45) is 6.78. The number of halogens is 2. The van der Waals surface area contributed by atoms with Crippen LogP contribution in [-0.4, -0.2) is 38.7 Å². The van der Waals surface area contributed by atoms with Crippen LogP contribution in [0.4, 0.5) is 10.2 Å². The molecule has 2 N–H and O–H groups in total.